The summed E-state index contributed by atoms with van der Waals surface area (Å²) in [4.78, 5) is 20.4. The zero-order chi connectivity index (χ0) is 9.86. The molecule has 0 heterocycles. The third-order valence-corrected chi connectivity index (χ3v) is 0. The molecule has 0 aliphatic carbocycles. The first-order valence-corrected chi connectivity index (χ1v) is 1.89. The summed E-state index contributed by atoms with van der Waals surface area (Å²) < 4.78 is 0. The van der Waals surface area contributed by atoms with Crippen LogP contribution in [0.3, 0.4) is 0 Å². The standard InChI is InChI=1S/2CH2O3.CH4O2/c2*2-1(3)4;1-3-2/h2*(H2,2,3,4);2H,1H3. The summed E-state index contributed by atoms with van der Waals surface area (Å²) in [6, 6.07) is 0. The molecule has 0 aromatic carbocycles. The molecule has 0 saturated carbocycles. The van der Waals surface area contributed by atoms with E-state index >= 15 is 0 Å². The van der Waals surface area contributed by atoms with Gasteiger partial charge in [0.25, 0.3) is 0 Å². The average molecular weight is 172 g/mol. The third-order valence-electron chi connectivity index (χ3n) is 0. The second-order valence-corrected chi connectivity index (χ2v) is 0.748. The van der Waals surface area contributed by atoms with Crippen molar-refractivity contribution < 1.29 is 40.2 Å². The highest BCUT2D eigenvalue weighted by molar-refractivity contribution is 5.53. The topological polar surface area (TPSA) is 145 Å². The van der Waals surface area contributed by atoms with Crippen LogP contribution in [-0.2, 0) is 4.89 Å². The zero-order valence-corrected chi connectivity index (χ0v) is 5.46. The van der Waals surface area contributed by atoms with Gasteiger partial charge in [-0.25, -0.2) is 14.5 Å². The highest BCUT2D eigenvalue weighted by atomic mass is 17.1. The Labute approximate surface area is 60.8 Å². The first kappa shape index (κ1) is 16.2. The second kappa shape index (κ2) is 15.8. The van der Waals surface area contributed by atoms with Gasteiger partial charge in [-0.2, -0.15) is 0 Å². The van der Waals surface area contributed by atoms with E-state index < -0.39 is 12.3 Å². The molecule has 68 valence electrons. The van der Waals surface area contributed by atoms with Gasteiger partial charge < -0.3 is 20.4 Å². The lowest BCUT2D eigenvalue weighted by atomic mass is 11.5. The maximum absolute atomic E-state index is 8.56. The average Bonchev–Trinajstić information content (AvgIpc) is 1.60. The predicted octanol–water partition coefficient (Wildman–Crippen LogP) is 0.551. The first-order valence-electron chi connectivity index (χ1n) is 1.89. The fourth-order valence-electron chi connectivity index (χ4n) is 0. The Hall–Kier alpha value is -1.54. The molecule has 0 aromatic rings. The van der Waals surface area contributed by atoms with Crippen molar-refractivity contribution >= 4 is 12.3 Å². The number of hydrogen-bond donors (Lipinski definition) is 5. The van der Waals surface area contributed by atoms with Crippen molar-refractivity contribution in [2.45, 2.75) is 0 Å². The van der Waals surface area contributed by atoms with E-state index in [1.54, 1.807) is 0 Å². The lowest BCUT2D eigenvalue weighted by Crippen LogP contribution is -1.81. The number of carboxylic acid groups (broad SMARTS) is 4. The Morgan fingerprint density at radius 2 is 1.00 bits per heavy atom. The molecule has 0 atom stereocenters. The van der Waals surface area contributed by atoms with E-state index in [0.717, 1.165) is 0 Å². The van der Waals surface area contributed by atoms with Gasteiger partial charge >= 0.3 is 12.3 Å². The Morgan fingerprint density at radius 3 is 1.00 bits per heavy atom. The van der Waals surface area contributed by atoms with Crippen LogP contribution in [0.2, 0.25) is 0 Å². The number of hydrogen-bond acceptors (Lipinski definition) is 4. The molecular formula is C3H8O8. The molecule has 0 rings (SSSR count). The lowest BCUT2D eigenvalue weighted by Gasteiger charge is -1.60. The molecule has 5 N–H and O–H groups in total. The summed E-state index contributed by atoms with van der Waals surface area (Å²) in [6.45, 7) is 0. The fourth-order valence-corrected chi connectivity index (χ4v) is 0. The Balaban J connectivity index is -0.0000000886. The van der Waals surface area contributed by atoms with Gasteiger partial charge in [0.2, 0.25) is 0 Å². The van der Waals surface area contributed by atoms with Gasteiger partial charge in [-0.15, -0.1) is 0 Å². The largest absolute Gasteiger partial charge is 0.503 e. The van der Waals surface area contributed by atoms with E-state index in [1.165, 1.54) is 7.11 Å². The third kappa shape index (κ3) is 149. The van der Waals surface area contributed by atoms with Gasteiger partial charge in [0.15, 0.2) is 0 Å². The zero-order valence-electron chi connectivity index (χ0n) is 5.46. The monoisotopic (exact) mass is 172 g/mol. The molecule has 0 spiro atoms. The summed E-state index contributed by atoms with van der Waals surface area (Å²) in [5, 5.41) is 35.0. The molecule has 0 saturated heterocycles. The molecule has 0 radical (unpaired) electrons. The molecule has 8 heteroatoms. The molecule has 0 aliphatic heterocycles. The minimum absolute atomic E-state index is 1.18. The van der Waals surface area contributed by atoms with Gasteiger partial charge in [0.1, 0.15) is 0 Å². The van der Waals surface area contributed by atoms with Crippen molar-refractivity contribution in [2.75, 3.05) is 7.11 Å². The van der Waals surface area contributed by atoms with Crippen LogP contribution in [0.5, 0.6) is 0 Å². The van der Waals surface area contributed by atoms with Gasteiger partial charge in [-0.1, -0.05) is 0 Å². The molecule has 0 unspecified atom stereocenters. The van der Waals surface area contributed by atoms with E-state index in [9.17, 15) is 0 Å². The quantitative estimate of drug-likeness (QED) is 0.263. The van der Waals surface area contributed by atoms with Crippen molar-refractivity contribution in [3.63, 3.8) is 0 Å². The Kier molecular flexibility index (Phi) is 23.3. The highest BCUT2D eigenvalue weighted by Crippen LogP contribution is 1.43. The van der Waals surface area contributed by atoms with Gasteiger partial charge in [0.05, 0.1) is 7.11 Å². The summed E-state index contributed by atoms with van der Waals surface area (Å²) in [5.74, 6) is 0. The smallest absolute Gasteiger partial charge is 0.450 e. The summed E-state index contributed by atoms with van der Waals surface area (Å²) in [5.41, 5.74) is 0. The van der Waals surface area contributed by atoms with Crippen LogP contribution in [0.4, 0.5) is 9.59 Å². The van der Waals surface area contributed by atoms with E-state index in [2.05, 4.69) is 4.89 Å². The maximum Gasteiger partial charge on any atom is 0.503 e. The van der Waals surface area contributed by atoms with E-state index in [4.69, 9.17) is 35.3 Å². The summed E-state index contributed by atoms with van der Waals surface area (Å²) >= 11 is 0. The Bertz CT molecular complexity index is 77.5. The molecule has 0 aliphatic rings. The molecular weight excluding hydrogens is 164 g/mol. The van der Waals surface area contributed by atoms with Crippen LogP contribution >= 0.6 is 0 Å². The van der Waals surface area contributed by atoms with Crippen LogP contribution in [0, 0.1) is 0 Å². The van der Waals surface area contributed by atoms with Crippen molar-refractivity contribution in [2.24, 2.45) is 0 Å². The predicted molar refractivity (Wildman–Crippen MR) is 30.9 cm³/mol. The molecule has 8 nitrogen and oxygen atoms in total. The van der Waals surface area contributed by atoms with Crippen LogP contribution in [0.25, 0.3) is 0 Å². The van der Waals surface area contributed by atoms with Crippen LogP contribution in [0.15, 0.2) is 0 Å². The minimum Gasteiger partial charge on any atom is -0.450 e. The molecule has 11 heavy (non-hydrogen) atoms. The van der Waals surface area contributed by atoms with Gasteiger partial charge in [-0.05, 0) is 0 Å². The summed E-state index contributed by atoms with van der Waals surface area (Å²) in [6.07, 6.45) is -3.67. The Morgan fingerprint density at radius 1 is 1.00 bits per heavy atom. The molecule has 0 amide bonds. The summed E-state index contributed by atoms with van der Waals surface area (Å²) in [7, 11) is 1.18. The second-order valence-electron chi connectivity index (χ2n) is 0.748. The van der Waals surface area contributed by atoms with Crippen molar-refractivity contribution in [1.82, 2.24) is 0 Å². The van der Waals surface area contributed by atoms with Gasteiger partial charge in [0, 0.05) is 0 Å². The van der Waals surface area contributed by atoms with E-state index in [0.29, 0.717) is 0 Å². The molecule has 0 fully saturated rings. The molecule has 0 bridgehead atoms. The van der Waals surface area contributed by atoms with Gasteiger partial charge in [-0.3, -0.25) is 5.26 Å². The van der Waals surface area contributed by atoms with E-state index in [1.807, 2.05) is 0 Å². The number of rotatable bonds is 0. The first-order chi connectivity index (χ1) is 4.88. The van der Waals surface area contributed by atoms with E-state index in [-0.39, 0.29) is 0 Å². The van der Waals surface area contributed by atoms with Crippen molar-refractivity contribution in [1.29, 1.82) is 0 Å². The normalized spacial score (nSPS) is 6.00. The SMILES string of the molecule is COO.O=C(O)O.O=C(O)O. The van der Waals surface area contributed by atoms with Crippen LogP contribution in [-0.4, -0.2) is 45.1 Å². The van der Waals surface area contributed by atoms with Crippen LogP contribution < -0.4 is 0 Å². The van der Waals surface area contributed by atoms with Crippen molar-refractivity contribution in [3.05, 3.63) is 0 Å². The highest BCUT2D eigenvalue weighted by Gasteiger charge is 1.70. The van der Waals surface area contributed by atoms with Crippen molar-refractivity contribution in [3.8, 4) is 0 Å². The number of carbonyl (C=O) groups is 2. The maximum atomic E-state index is 8.56. The molecule has 0 aromatic heterocycles. The fraction of sp³-hybridized carbons (Fsp3) is 0.333. The van der Waals surface area contributed by atoms with Crippen LogP contribution in [0.1, 0.15) is 0 Å². The minimum atomic E-state index is -1.83. The lowest BCUT2D eigenvalue weighted by molar-refractivity contribution is -0.214.